The van der Waals surface area contributed by atoms with Crippen molar-refractivity contribution in [3.63, 3.8) is 0 Å². The number of ether oxygens (including phenoxy) is 1. The number of carbonyl (C=O) groups excluding carboxylic acids is 1. The number of hydrogen-bond acceptors (Lipinski definition) is 3. The third-order valence-corrected chi connectivity index (χ3v) is 3.53. The molecule has 2 aromatic rings. The maximum absolute atomic E-state index is 12.3. The Hall–Kier alpha value is -2.40. The first kappa shape index (κ1) is 17.9. The van der Waals surface area contributed by atoms with E-state index in [1.165, 1.54) is 5.56 Å². The van der Waals surface area contributed by atoms with Crippen molar-refractivity contribution in [2.24, 2.45) is 0 Å². The molecule has 24 heavy (non-hydrogen) atoms. The van der Waals surface area contributed by atoms with Crippen LogP contribution in [0.1, 0.15) is 35.3 Å². The van der Waals surface area contributed by atoms with E-state index in [0.717, 1.165) is 11.3 Å². The van der Waals surface area contributed by atoms with Gasteiger partial charge in [-0.3, -0.25) is 10.1 Å². The highest BCUT2D eigenvalue weighted by Crippen LogP contribution is 2.17. The van der Waals surface area contributed by atoms with E-state index in [4.69, 9.17) is 17.0 Å². The molecule has 0 radical (unpaired) electrons. The van der Waals surface area contributed by atoms with Gasteiger partial charge in [-0.2, -0.15) is 0 Å². The molecular formula is C19H22N2O2S. The first-order chi connectivity index (χ1) is 11.3. The van der Waals surface area contributed by atoms with Gasteiger partial charge < -0.3 is 10.1 Å². The fourth-order valence-corrected chi connectivity index (χ4v) is 2.47. The molecule has 0 aliphatic carbocycles. The van der Waals surface area contributed by atoms with Gasteiger partial charge in [0.25, 0.3) is 5.91 Å². The molecule has 5 heteroatoms. The van der Waals surface area contributed by atoms with Crippen LogP contribution >= 0.6 is 12.2 Å². The van der Waals surface area contributed by atoms with Crippen LogP contribution < -0.4 is 15.4 Å². The number of rotatable bonds is 4. The molecule has 2 N–H and O–H groups in total. The number of benzene rings is 2. The Kier molecular flexibility index (Phi) is 5.93. The average molecular weight is 342 g/mol. The molecule has 0 aromatic heterocycles. The minimum absolute atomic E-state index is 0.0515. The Morgan fingerprint density at radius 2 is 1.88 bits per heavy atom. The van der Waals surface area contributed by atoms with Gasteiger partial charge in [-0.15, -0.1) is 0 Å². The van der Waals surface area contributed by atoms with Crippen molar-refractivity contribution in [3.05, 3.63) is 59.2 Å². The Morgan fingerprint density at radius 3 is 2.54 bits per heavy atom. The van der Waals surface area contributed by atoms with E-state index in [0.29, 0.717) is 11.3 Å². The molecule has 0 aliphatic rings. The number of amides is 1. The molecule has 0 bridgehead atoms. The summed E-state index contributed by atoms with van der Waals surface area (Å²) in [6.07, 6.45) is 0.0515. The lowest BCUT2D eigenvalue weighted by Gasteiger charge is -2.13. The van der Waals surface area contributed by atoms with Crippen LogP contribution in [0.2, 0.25) is 0 Å². The van der Waals surface area contributed by atoms with Gasteiger partial charge in [0.05, 0.1) is 6.10 Å². The average Bonchev–Trinajstić information content (AvgIpc) is 2.49. The van der Waals surface area contributed by atoms with Crippen molar-refractivity contribution < 1.29 is 9.53 Å². The maximum atomic E-state index is 12.3. The number of carbonyl (C=O) groups is 1. The van der Waals surface area contributed by atoms with Crippen molar-refractivity contribution in [2.75, 3.05) is 5.32 Å². The molecule has 126 valence electrons. The zero-order chi connectivity index (χ0) is 17.7. The van der Waals surface area contributed by atoms with E-state index in [1.54, 1.807) is 18.2 Å². The molecule has 0 saturated carbocycles. The van der Waals surface area contributed by atoms with Crippen LogP contribution in [0.25, 0.3) is 0 Å². The predicted molar refractivity (Wildman–Crippen MR) is 102 cm³/mol. The van der Waals surface area contributed by atoms with Gasteiger partial charge in [-0.05, 0) is 69.7 Å². The second-order valence-corrected chi connectivity index (χ2v) is 6.33. The van der Waals surface area contributed by atoms with Gasteiger partial charge in [0.15, 0.2) is 5.11 Å². The van der Waals surface area contributed by atoms with Crippen LogP contribution in [0.5, 0.6) is 5.75 Å². The van der Waals surface area contributed by atoms with Gasteiger partial charge in [0.1, 0.15) is 5.75 Å². The minimum Gasteiger partial charge on any atom is -0.491 e. The number of anilines is 1. The van der Waals surface area contributed by atoms with E-state index >= 15 is 0 Å². The molecule has 1 amide bonds. The quantitative estimate of drug-likeness (QED) is 0.817. The van der Waals surface area contributed by atoms with Crippen molar-refractivity contribution in [3.8, 4) is 5.75 Å². The van der Waals surface area contributed by atoms with E-state index < -0.39 is 0 Å². The van der Waals surface area contributed by atoms with E-state index in [1.807, 2.05) is 45.9 Å². The summed E-state index contributed by atoms with van der Waals surface area (Å²) in [6, 6.07) is 13.0. The zero-order valence-corrected chi connectivity index (χ0v) is 15.2. The van der Waals surface area contributed by atoms with E-state index in [2.05, 4.69) is 16.7 Å². The number of hydrogen-bond donors (Lipinski definition) is 2. The van der Waals surface area contributed by atoms with Gasteiger partial charge >= 0.3 is 0 Å². The largest absolute Gasteiger partial charge is 0.491 e. The smallest absolute Gasteiger partial charge is 0.257 e. The maximum Gasteiger partial charge on any atom is 0.257 e. The molecule has 2 aromatic carbocycles. The van der Waals surface area contributed by atoms with Crippen LogP contribution in [0.3, 0.4) is 0 Å². The van der Waals surface area contributed by atoms with Gasteiger partial charge in [-0.25, -0.2) is 0 Å². The van der Waals surface area contributed by atoms with Crippen molar-refractivity contribution in [1.29, 1.82) is 0 Å². The molecule has 0 aliphatic heterocycles. The first-order valence-electron chi connectivity index (χ1n) is 7.81. The molecule has 0 unspecified atom stereocenters. The molecule has 0 fully saturated rings. The molecule has 0 heterocycles. The van der Waals surface area contributed by atoms with Crippen LogP contribution in [0, 0.1) is 13.8 Å². The topological polar surface area (TPSA) is 50.4 Å². The van der Waals surface area contributed by atoms with Crippen LogP contribution in [0.15, 0.2) is 42.5 Å². The lowest BCUT2D eigenvalue weighted by atomic mass is 10.1. The summed E-state index contributed by atoms with van der Waals surface area (Å²) in [5.74, 6) is 0.386. The Labute approximate surface area is 148 Å². The fraction of sp³-hybridized carbons (Fsp3) is 0.263. The molecule has 2 rings (SSSR count). The Bertz CT molecular complexity index is 757. The predicted octanol–water partition coefficient (Wildman–Crippen LogP) is 4.22. The van der Waals surface area contributed by atoms with Crippen molar-refractivity contribution in [2.45, 2.75) is 33.8 Å². The van der Waals surface area contributed by atoms with Gasteiger partial charge in [-0.1, -0.05) is 23.8 Å². The normalized spacial score (nSPS) is 10.4. The van der Waals surface area contributed by atoms with Crippen LogP contribution in [-0.4, -0.2) is 17.1 Å². The fourth-order valence-electron chi connectivity index (χ4n) is 2.27. The summed E-state index contributed by atoms with van der Waals surface area (Å²) >= 11 is 5.23. The summed E-state index contributed by atoms with van der Waals surface area (Å²) < 4.78 is 5.60. The second kappa shape index (κ2) is 7.93. The van der Waals surface area contributed by atoms with Gasteiger partial charge in [0, 0.05) is 11.3 Å². The summed E-state index contributed by atoms with van der Waals surface area (Å²) in [6.45, 7) is 7.90. The Morgan fingerprint density at radius 1 is 1.12 bits per heavy atom. The lowest BCUT2D eigenvalue weighted by molar-refractivity contribution is 0.0977. The van der Waals surface area contributed by atoms with Crippen molar-refractivity contribution in [1.82, 2.24) is 5.32 Å². The molecule has 0 atom stereocenters. The highest BCUT2D eigenvalue weighted by molar-refractivity contribution is 7.80. The van der Waals surface area contributed by atoms with Crippen LogP contribution in [0.4, 0.5) is 5.69 Å². The third kappa shape index (κ3) is 5.06. The number of thiocarbonyl (C=S) groups is 1. The monoisotopic (exact) mass is 342 g/mol. The third-order valence-electron chi connectivity index (χ3n) is 3.33. The number of nitrogens with one attached hydrogen (secondary N) is 2. The SMILES string of the molecule is Cc1ccc(NC(=S)NC(=O)c2cccc(OC(C)C)c2)c(C)c1. The minimum atomic E-state index is -0.272. The lowest BCUT2D eigenvalue weighted by Crippen LogP contribution is -2.34. The standard InChI is InChI=1S/C19H22N2O2S/c1-12(2)23-16-7-5-6-15(11-16)18(22)21-19(24)20-17-9-8-13(3)10-14(17)4/h5-12H,1-4H3,(H2,20,21,22,24). The molecule has 0 spiro atoms. The first-order valence-corrected chi connectivity index (χ1v) is 8.22. The summed E-state index contributed by atoms with van der Waals surface area (Å²) in [4.78, 5) is 12.3. The summed E-state index contributed by atoms with van der Waals surface area (Å²) in [5.41, 5.74) is 3.62. The van der Waals surface area contributed by atoms with Crippen molar-refractivity contribution >= 4 is 28.9 Å². The Balaban J connectivity index is 2.02. The highest BCUT2D eigenvalue weighted by Gasteiger charge is 2.10. The summed E-state index contributed by atoms with van der Waals surface area (Å²) in [5, 5.41) is 6.01. The summed E-state index contributed by atoms with van der Waals surface area (Å²) in [7, 11) is 0. The number of aryl methyl sites for hydroxylation is 2. The van der Waals surface area contributed by atoms with E-state index in [-0.39, 0.29) is 17.1 Å². The molecule has 4 nitrogen and oxygen atoms in total. The molecular weight excluding hydrogens is 320 g/mol. The van der Waals surface area contributed by atoms with Gasteiger partial charge in [0.2, 0.25) is 0 Å². The second-order valence-electron chi connectivity index (χ2n) is 5.92. The van der Waals surface area contributed by atoms with E-state index in [9.17, 15) is 4.79 Å². The zero-order valence-electron chi connectivity index (χ0n) is 14.3. The highest BCUT2D eigenvalue weighted by atomic mass is 32.1. The molecule has 0 saturated heterocycles. The van der Waals surface area contributed by atoms with Crippen LogP contribution in [-0.2, 0) is 0 Å².